The molecule has 102 valence electrons. The van der Waals surface area contributed by atoms with E-state index in [1.165, 1.54) is 11.1 Å². The van der Waals surface area contributed by atoms with E-state index in [1.54, 1.807) is 0 Å². The van der Waals surface area contributed by atoms with E-state index in [-0.39, 0.29) is 6.10 Å². The van der Waals surface area contributed by atoms with E-state index >= 15 is 0 Å². The van der Waals surface area contributed by atoms with Crippen LogP contribution in [0.15, 0.2) is 18.2 Å². The van der Waals surface area contributed by atoms with Crippen molar-refractivity contribution >= 4 is 5.97 Å². The van der Waals surface area contributed by atoms with Crippen molar-refractivity contribution in [3.05, 3.63) is 29.3 Å². The molecule has 0 radical (unpaired) electrons. The van der Waals surface area contributed by atoms with Gasteiger partial charge < -0.3 is 9.84 Å². The molecule has 2 heterocycles. The van der Waals surface area contributed by atoms with Gasteiger partial charge in [0.25, 0.3) is 0 Å². The number of hydrogen-bond donors (Lipinski definition) is 1. The Morgan fingerprint density at radius 3 is 3.00 bits per heavy atom. The number of carbonyl (C=O) groups is 1. The first kappa shape index (κ1) is 12.5. The zero-order valence-electron chi connectivity index (χ0n) is 11.1. The van der Waals surface area contributed by atoms with E-state index in [0.29, 0.717) is 12.3 Å². The Bertz CT molecular complexity index is 494. The third-order valence-electron chi connectivity index (χ3n) is 3.92. The van der Waals surface area contributed by atoms with Gasteiger partial charge in [-0.3, -0.25) is 9.69 Å². The summed E-state index contributed by atoms with van der Waals surface area (Å²) >= 11 is 0. The normalized spacial score (nSPS) is 22.7. The number of rotatable bonds is 4. The summed E-state index contributed by atoms with van der Waals surface area (Å²) in [4.78, 5) is 12.9. The minimum atomic E-state index is -0.690. The summed E-state index contributed by atoms with van der Waals surface area (Å²) in [6.07, 6.45) is 1.49. The van der Waals surface area contributed by atoms with Crippen LogP contribution in [0.25, 0.3) is 0 Å². The van der Waals surface area contributed by atoms with Gasteiger partial charge in [-0.25, -0.2) is 0 Å². The number of aryl methyl sites for hydroxylation is 1. The number of nitrogens with zero attached hydrogens (tertiary/aromatic N) is 1. The SMILES string of the molecule is Cc1ccc2c(c1)CC(CN1CC(CC(=O)O)C1)O2. The summed E-state index contributed by atoms with van der Waals surface area (Å²) in [6.45, 7) is 4.78. The quantitative estimate of drug-likeness (QED) is 0.896. The van der Waals surface area contributed by atoms with Crippen LogP contribution >= 0.6 is 0 Å². The van der Waals surface area contributed by atoms with Gasteiger partial charge in [-0.05, 0) is 24.5 Å². The van der Waals surface area contributed by atoms with Crippen molar-refractivity contribution in [1.82, 2.24) is 4.90 Å². The van der Waals surface area contributed by atoms with Crippen LogP contribution < -0.4 is 4.74 Å². The standard InChI is InChI=1S/C15H19NO3/c1-10-2-3-14-12(4-10)6-13(19-14)9-16-7-11(8-16)5-15(17)18/h2-4,11,13H,5-9H2,1H3,(H,17,18). The first-order valence-corrected chi connectivity index (χ1v) is 6.80. The summed E-state index contributed by atoms with van der Waals surface area (Å²) in [5.41, 5.74) is 2.57. The molecule has 0 spiro atoms. The summed E-state index contributed by atoms with van der Waals surface area (Å²) in [7, 11) is 0. The molecule has 4 heteroatoms. The number of carboxylic acid groups (broad SMARTS) is 1. The van der Waals surface area contributed by atoms with Gasteiger partial charge in [0.1, 0.15) is 11.9 Å². The summed E-state index contributed by atoms with van der Waals surface area (Å²) in [5.74, 6) is 0.645. The van der Waals surface area contributed by atoms with Crippen LogP contribution in [-0.4, -0.2) is 41.7 Å². The van der Waals surface area contributed by atoms with Crippen molar-refractivity contribution in [1.29, 1.82) is 0 Å². The zero-order chi connectivity index (χ0) is 13.4. The fraction of sp³-hybridized carbons (Fsp3) is 0.533. The van der Waals surface area contributed by atoms with Crippen molar-refractivity contribution in [2.45, 2.75) is 25.9 Å². The zero-order valence-corrected chi connectivity index (χ0v) is 11.1. The Morgan fingerprint density at radius 2 is 2.26 bits per heavy atom. The van der Waals surface area contributed by atoms with Crippen LogP contribution in [0.4, 0.5) is 0 Å². The highest BCUT2D eigenvalue weighted by Gasteiger charge is 2.32. The van der Waals surface area contributed by atoms with Crippen molar-refractivity contribution in [3.8, 4) is 5.75 Å². The summed E-state index contributed by atoms with van der Waals surface area (Å²) in [6, 6.07) is 6.32. The molecule has 1 aromatic rings. The Balaban J connectivity index is 1.48. The lowest BCUT2D eigenvalue weighted by Crippen LogP contribution is -2.50. The topological polar surface area (TPSA) is 49.8 Å². The molecule has 0 bridgehead atoms. The molecular formula is C15H19NO3. The van der Waals surface area contributed by atoms with Crippen LogP contribution in [0.3, 0.4) is 0 Å². The predicted octanol–water partition coefficient (Wildman–Crippen LogP) is 1.71. The fourth-order valence-corrected chi connectivity index (χ4v) is 3.04. The number of hydrogen-bond acceptors (Lipinski definition) is 3. The average molecular weight is 261 g/mol. The Kier molecular flexibility index (Phi) is 3.19. The number of fused-ring (bicyclic) bond motifs is 1. The molecule has 1 atom stereocenters. The second-order valence-electron chi connectivity index (χ2n) is 5.74. The monoisotopic (exact) mass is 261 g/mol. The molecule has 1 fully saturated rings. The van der Waals surface area contributed by atoms with Crippen molar-refractivity contribution in [2.24, 2.45) is 5.92 Å². The summed E-state index contributed by atoms with van der Waals surface area (Å²) in [5, 5.41) is 8.72. The van der Waals surface area contributed by atoms with Gasteiger partial charge in [0.05, 0.1) is 6.42 Å². The molecule has 0 aliphatic carbocycles. The highest BCUT2D eigenvalue weighted by Crippen LogP contribution is 2.31. The minimum Gasteiger partial charge on any atom is -0.488 e. The Labute approximate surface area is 113 Å². The molecule has 3 rings (SSSR count). The number of ether oxygens (including phenoxy) is 1. The van der Waals surface area contributed by atoms with E-state index in [4.69, 9.17) is 9.84 Å². The third-order valence-corrected chi connectivity index (χ3v) is 3.92. The molecule has 19 heavy (non-hydrogen) atoms. The van der Waals surface area contributed by atoms with E-state index in [9.17, 15) is 4.79 Å². The second-order valence-corrected chi connectivity index (χ2v) is 5.74. The largest absolute Gasteiger partial charge is 0.488 e. The lowest BCUT2D eigenvalue weighted by molar-refractivity contribution is -0.139. The van der Waals surface area contributed by atoms with Gasteiger partial charge in [-0.2, -0.15) is 0 Å². The number of likely N-dealkylation sites (tertiary alicyclic amines) is 1. The van der Waals surface area contributed by atoms with Crippen molar-refractivity contribution in [2.75, 3.05) is 19.6 Å². The fourth-order valence-electron chi connectivity index (χ4n) is 3.04. The van der Waals surface area contributed by atoms with Crippen molar-refractivity contribution in [3.63, 3.8) is 0 Å². The Hall–Kier alpha value is -1.55. The molecule has 1 aromatic carbocycles. The van der Waals surface area contributed by atoms with E-state index in [2.05, 4.69) is 24.0 Å². The predicted molar refractivity (Wildman–Crippen MR) is 71.5 cm³/mol. The summed E-state index contributed by atoms with van der Waals surface area (Å²) < 4.78 is 5.93. The van der Waals surface area contributed by atoms with Gasteiger partial charge in [-0.15, -0.1) is 0 Å². The molecular weight excluding hydrogens is 242 g/mol. The second kappa shape index (κ2) is 4.85. The number of carboxylic acids is 1. The van der Waals surface area contributed by atoms with E-state index in [1.807, 2.05) is 6.07 Å². The molecule has 0 saturated carbocycles. The maximum Gasteiger partial charge on any atom is 0.303 e. The van der Waals surface area contributed by atoms with Crippen LogP contribution in [-0.2, 0) is 11.2 Å². The number of benzene rings is 1. The van der Waals surface area contributed by atoms with E-state index in [0.717, 1.165) is 31.8 Å². The van der Waals surface area contributed by atoms with E-state index < -0.39 is 5.97 Å². The maximum atomic E-state index is 10.6. The molecule has 2 aliphatic heterocycles. The molecule has 2 aliphatic rings. The van der Waals surface area contributed by atoms with Gasteiger partial charge in [-0.1, -0.05) is 17.7 Å². The van der Waals surface area contributed by atoms with Crippen LogP contribution in [0.5, 0.6) is 5.75 Å². The van der Waals surface area contributed by atoms with Gasteiger partial charge in [0.2, 0.25) is 0 Å². The number of aliphatic carboxylic acids is 1. The molecule has 1 saturated heterocycles. The molecule has 1 N–H and O–H groups in total. The van der Waals surface area contributed by atoms with Crippen molar-refractivity contribution < 1.29 is 14.6 Å². The van der Waals surface area contributed by atoms with Crippen LogP contribution in [0, 0.1) is 12.8 Å². The van der Waals surface area contributed by atoms with Gasteiger partial charge in [0.15, 0.2) is 0 Å². The van der Waals surface area contributed by atoms with Crippen LogP contribution in [0.2, 0.25) is 0 Å². The highest BCUT2D eigenvalue weighted by molar-refractivity contribution is 5.67. The van der Waals surface area contributed by atoms with Crippen LogP contribution in [0.1, 0.15) is 17.5 Å². The lowest BCUT2D eigenvalue weighted by Gasteiger charge is -2.39. The highest BCUT2D eigenvalue weighted by atomic mass is 16.5. The Morgan fingerprint density at radius 1 is 1.47 bits per heavy atom. The molecule has 0 amide bonds. The smallest absolute Gasteiger partial charge is 0.303 e. The minimum absolute atomic E-state index is 0.225. The maximum absolute atomic E-state index is 10.6. The van der Waals surface area contributed by atoms with Gasteiger partial charge >= 0.3 is 5.97 Å². The first-order chi connectivity index (χ1) is 9.10. The third kappa shape index (κ3) is 2.73. The first-order valence-electron chi connectivity index (χ1n) is 6.80. The molecule has 4 nitrogen and oxygen atoms in total. The molecule has 0 aromatic heterocycles. The molecule has 1 unspecified atom stereocenters. The van der Waals surface area contributed by atoms with Gasteiger partial charge in [0, 0.05) is 26.1 Å². The average Bonchev–Trinajstić information content (AvgIpc) is 2.67. The lowest BCUT2D eigenvalue weighted by atomic mass is 9.95.